The van der Waals surface area contributed by atoms with Gasteiger partial charge in [-0.2, -0.15) is 0 Å². The van der Waals surface area contributed by atoms with Crippen molar-refractivity contribution in [3.8, 4) is 0 Å². The van der Waals surface area contributed by atoms with Gasteiger partial charge in [0.15, 0.2) is 0 Å². The van der Waals surface area contributed by atoms with Crippen molar-refractivity contribution in [2.24, 2.45) is 11.7 Å². The molecular weight excluding hydrogens is 177 g/mol. The fourth-order valence-corrected chi connectivity index (χ4v) is 2.32. The lowest BCUT2D eigenvalue weighted by Crippen LogP contribution is -2.55. The Bertz CT molecular complexity index is 210. The van der Waals surface area contributed by atoms with E-state index in [1.165, 1.54) is 0 Å². The molecule has 2 unspecified atom stereocenters. The Morgan fingerprint density at radius 3 is 2.86 bits per heavy atom. The SMILES string of the molecule is [B]CCCC1CCCCC1(N)C(=O)O. The van der Waals surface area contributed by atoms with Gasteiger partial charge >= 0.3 is 5.97 Å². The van der Waals surface area contributed by atoms with Crippen LogP contribution < -0.4 is 5.73 Å². The second kappa shape index (κ2) is 4.83. The van der Waals surface area contributed by atoms with Gasteiger partial charge in [-0.1, -0.05) is 25.6 Å². The van der Waals surface area contributed by atoms with Crippen molar-refractivity contribution in [1.82, 2.24) is 0 Å². The third-order valence-corrected chi connectivity index (χ3v) is 3.28. The second-order valence-electron chi connectivity index (χ2n) is 4.22. The zero-order chi connectivity index (χ0) is 10.6. The molecule has 0 aromatic carbocycles. The summed E-state index contributed by atoms with van der Waals surface area (Å²) in [5.41, 5.74) is 4.95. The molecule has 1 aliphatic rings. The lowest BCUT2D eigenvalue weighted by molar-refractivity contribution is -0.147. The number of carboxylic acid groups (broad SMARTS) is 1. The van der Waals surface area contributed by atoms with E-state index in [1.54, 1.807) is 0 Å². The second-order valence-corrected chi connectivity index (χ2v) is 4.22. The summed E-state index contributed by atoms with van der Waals surface area (Å²) in [4.78, 5) is 11.1. The molecule has 2 radical (unpaired) electrons. The number of rotatable bonds is 4. The molecule has 1 rings (SSSR count). The van der Waals surface area contributed by atoms with E-state index in [0.29, 0.717) is 12.7 Å². The maximum atomic E-state index is 11.1. The molecule has 0 aromatic rings. The van der Waals surface area contributed by atoms with Crippen LogP contribution in [0.3, 0.4) is 0 Å². The molecular formula is C10H18BNO2. The lowest BCUT2D eigenvalue weighted by Gasteiger charge is -2.37. The monoisotopic (exact) mass is 195 g/mol. The standard InChI is InChI=1S/C10H18BNO2/c11-7-3-5-8-4-1-2-6-10(8,12)9(13)14/h8H,1-7,12H2,(H,13,14). The van der Waals surface area contributed by atoms with Crippen molar-refractivity contribution in [2.75, 3.05) is 0 Å². The lowest BCUT2D eigenvalue weighted by atomic mass is 9.71. The number of carboxylic acids is 1. The summed E-state index contributed by atoms with van der Waals surface area (Å²) in [7, 11) is 5.42. The van der Waals surface area contributed by atoms with Crippen molar-refractivity contribution in [3.05, 3.63) is 0 Å². The summed E-state index contributed by atoms with van der Waals surface area (Å²) < 4.78 is 0. The minimum atomic E-state index is -0.993. The molecule has 0 aliphatic heterocycles. The maximum Gasteiger partial charge on any atom is 0.323 e. The molecule has 1 aliphatic carbocycles. The Morgan fingerprint density at radius 1 is 1.57 bits per heavy atom. The van der Waals surface area contributed by atoms with Gasteiger partial charge in [0.05, 0.1) is 7.85 Å². The Balaban J connectivity index is 2.63. The van der Waals surface area contributed by atoms with Crippen LogP contribution in [0, 0.1) is 5.92 Å². The molecule has 0 amide bonds. The van der Waals surface area contributed by atoms with Crippen LogP contribution in [-0.2, 0) is 4.79 Å². The van der Waals surface area contributed by atoms with Crippen LogP contribution in [0.15, 0.2) is 0 Å². The van der Waals surface area contributed by atoms with E-state index < -0.39 is 11.5 Å². The Hall–Kier alpha value is -0.505. The van der Waals surface area contributed by atoms with Gasteiger partial charge in [0.25, 0.3) is 0 Å². The van der Waals surface area contributed by atoms with Crippen LogP contribution in [0.25, 0.3) is 0 Å². The third kappa shape index (κ3) is 2.29. The third-order valence-electron chi connectivity index (χ3n) is 3.28. The maximum absolute atomic E-state index is 11.1. The van der Waals surface area contributed by atoms with Crippen molar-refractivity contribution >= 4 is 13.8 Å². The molecule has 78 valence electrons. The summed E-state index contributed by atoms with van der Waals surface area (Å²) >= 11 is 0. The summed E-state index contributed by atoms with van der Waals surface area (Å²) in [6.07, 6.45) is 5.91. The number of hydrogen-bond donors (Lipinski definition) is 2. The molecule has 0 saturated heterocycles. The number of carbonyl (C=O) groups is 1. The van der Waals surface area contributed by atoms with E-state index in [9.17, 15) is 4.79 Å². The molecule has 0 heterocycles. The van der Waals surface area contributed by atoms with Crippen LogP contribution in [0.5, 0.6) is 0 Å². The first-order chi connectivity index (χ1) is 6.61. The van der Waals surface area contributed by atoms with Gasteiger partial charge in [-0.15, -0.1) is 0 Å². The van der Waals surface area contributed by atoms with Crippen LogP contribution >= 0.6 is 0 Å². The zero-order valence-electron chi connectivity index (χ0n) is 8.54. The van der Waals surface area contributed by atoms with Crippen LogP contribution in [0.2, 0.25) is 6.32 Å². The van der Waals surface area contributed by atoms with Gasteiger partial charge in [0.1, 0.15) is 5.54 Å². The van der Waals surface area contributed by atoms with Crippen molar-refractivity contribution in [1.29, 1.82) is 0 Å². The highest BCUT2D eigenvalue weighted by atomic mass is 16.4. The van der Waals surface area contributed by atoms with Gasteiger partial charge in [-0.3, -0.25) is 4.79 Å². The average Bonchev–Trinajstić information content (AvgIpc) is 2.16. The quantitative estimate of drug-likeness (QED) is 0.665. The fourth-order valence-electron chi connectivity index (χ4n) is 2.32. The van der Waals surface area contributed by atoms with Crippen molar-refractivity contribution in [2.45, 2.75) is 50.4 Å². The minimum Gasteiger partial charge on any atom is -0.480 e. The Morgan fingerprint density at radius 2 is 2.29 bits per heavy atom. The molecule has 2 atom stereocenters. The smallest absolute Gasteiger partial charge is 0.323 e. The van der Waals surface area contributed by atoms with Gasteiger partial charge in [0, 0.05) is 0 Å². The number of hydrogen-bond acceptors (Lipinski definition) is 2. The topological polar surface area (TPSA) is 63.3 Å². The highest BCUT2D eigenvalue weighted by Gasteiger charge is 2.43. The number of aliphatic carboxylic acids is 1. The summed E-state index contributed by atoms with van der Waals surface area (Å²) in [5, 5.41) is 9.11. The van der Waals surface area contributed by atoms with Gasteiger partial charge < -0.3 is 10.8 Å². The predicted octanol–water partition coefficient (Wildman–Crippen LogP) is 1.33. The van der Waals surface area contributed by atoms with Crippen LogP contribution in [-0.4, -0.2) is 24.5 Å². The van der Waals surface area contributed by atoms with E-state index in [1.807, 2.05) is 0 Å². The van der Waals surface area contributed by atoms with Gasteiger partial charge in [-0.25, -0.2) is 0 Å². The molecule has 1 saturated carbocycles. The first-order valence-corrected chi connectivity index (χ1v) is 5.33. The summed E-state index contributed by atoms with van der Waals surface area (Å²) in [6, 6.07) is 0. The van der Waals surface area contributed by atoms with E-state index in [2.05, 4.69) is 0 Å². The first-order valence-electron chi connectivity index (χ1n) is 5.33. The van der Waals surface area contributed by atoms with Gasteiger partial charge in [0.2, 0.25) is 0 Å². The minimum absolute atomic E-state index is 0.109. The zero-order valence-corrected chi connectivity index (χ0v) is 8.54. The van der Waals surface area contributed by atoms with E-state index in [0.717, 1.165) is 32.1 Å². The predicted molar refractivity (Wildman–Crippen MR) is 56.3 cm³/mol. The molecule has 0 aromatic heterocycles. The largest absolute Gasteiger partial charge is 0.480 e. The Labute approximate surface area is 86.5 Å². The van der Waals surface area contributed by atoms with Crippen molar-refractivity contribution < 1.29 is 9.90 Å². The molecule has 14 heavy (non-hydrogen) atoms. The summed E-state index contributed by atoms with van der Waals surface area (Å²) in [6.45, 7) is 0. The molecule has 4 heteroatoms. The highest BCUT2D eigenvalue weighted by Crippen LogP contribution is 2.35. The van der Waals surface area contributed by atoms with Crippen LogP contribution in [0.4, 0.5) is 0 Å². The van der Waals surface area contributed by atoms with Gasteiger partial charge in [-0.05, 0) is 25.2 Å². The molecule has 1 fully saturated rings. The van der Waals surface area contributed by atoms with E-state index in [4.69, 9.17) is 18.7 Å². The molecule has 0 bridgehead atoms. The Kier molecular flexibility index (Phi) is 3.99. The van der Waals surface area contributed by atoms with E-state index >= 15 is 0 Å². The van der Waals surface area contributed by atoms with E-state index in [-0.39, 0.29) is 5.92 Å². The normalized spacial score (nSPS) is 32.8. The van der Waals surface area contributed by atoms with Crippen molar-refractivity contribution in [3.63, 3.8) is 0 Å². The number of nitrogens with two attached hydrogens (primary N) is 1. The first kappa shape index (κ1) is 11.6. The highest BCUT2D eigenvalue weighted by molar-refractivity contribution is 6.08. The molecule has 0 spiro atoms. The summed E-state index contributed by atoms with van der Waals surface area (Å²) in [5.74, 6) is -0.739. The van der Waals surface area contributed by atoms with Crippen LogP contribution in [0.1, 0.15) is 38.5 Å². The average molecular weight is 195 g/mol. The molecule has 3 N–H and O–H groups in total. The fraction of sp³-hybridized carbons (Fsp3) is 0.900. The molecule has 3 nitrogen and oxygen atoms in total.